The van der Waals surface area contributed by atoms with Crippen molar-refractivity contribution >= 4 is 17.9 Å². The van der Waals surface area contributed by atoms with Crippen molar-refractivity contribution in [2.75, 3.05) is 13.2 Å². The van der Waals surface area contributed by atoms with Gasteiger partial charge in [-0.15, -0.1) is 0 Å². The Kier molecular flexibility index (Phi) is 61.8. The van der Waals surface area contributed by atoms with Crippen LogP contribution in [0.25, 0.3) is 0 Å². The third-order valence-corrected chi connectivity index (χ3v) is 13.7. The topological polar surface area (TPSA) is 78.9 Å². The minimum absolute atomic E-state index is 0.0803. The molecule has 6 nitrogen and oxygen atoms in total. The molecule has 0 aliphatic carbocycles. The lowest BCUT2D eigenvalue weighted by molar-refractivity contribution is -0.167. The Bertz CT molecular complexity index is 1620. The van der Waals surface area contributed by atoms with E-state index in [4.69, 9.17) is 14.2 Å². The Labute approximate surface area is 482 Å². The number of unbranched alkanes of at least 4 members (excludes halogenated alkanes) is 27. The summed E-state index contributed by atoms with van der Waals surface area (Å²) in [4.78, 5) is 38.1. The van der Waals surface area contributed by atoms with Gasteiger partial charge in [-0.2, -0.15) is 0 Å². The third-order valence-electron chi connectivity index (χ3n) is 13.7. The van der Waals surface area contributed by atoms with E-state index in [1.165, 1.54) is 135 Å². The first-order chi connectivity index (χ1) is 38.5. The van der Waals surface area contributed by atoms with E-state index >= 15 is 0 Å². The van der Waals surface area contributed by atoms with Crippen LogP contribution in [0.1, 0.15) is 297 Å². The lowest BCUT2D eigenvalue weighted by Crippen LogP contribution is -2.30. The molecule has 0 bridgehead atoms. The fourth-order valence-electron chi connectivity index (χ4n) is 8.91. The van der Waals surface area contributed by atoms with Gasteiger partial charge in [-0.1, -0.05) is 290 Å². The second-order valence-corrected chi connectivity index (χ2v) is 21.3. The predicted molar refractivity (Wildman–Crippen MR) is 339 cm³/mol. The van der Waals surface area contributed by atoms with Crippen molar-refractivity contribution in [2.24, 2.45) is 0 Å². The van der Waals surface area contributed by atoms with E-state index in [0.717, 1.165) is 122 Å². The van der Waals surface area contributed by atoms with Crippen molar-refractivity contribution in [3.63, 3.8) is 0 Å². The highest BCUT2D eigenvalue weighted by Gasteiger charge is 2.19. The van der Waals surface area contributed by atoms with Gasteiger partial charge in [0, 0.05) is 19.3 Å². The minimum atomic E-state index is -0.781. The Morgan fingerprint density at radius 3 is 0.782 bits per heavy atom. The molecule has 0 radical (unpaired) electrons. The predicted octanol–water partition coefficient (Wildman–Crippen LogP) is 22.4. The number of esters is 3. The zero-order chi connectivity index (χ0) is 56.4. The molecular formula is C72H120O6. The van der Waals surface area contributed by atoms with Crippen LogP contribution < -0.4 is 0 Å². The fourth-order valence-corrected chi connectivity index (χ4v) is 8.91. The monoisotopic (exact) mass is 1080 g/mol. The van der Waals surface area contributed by atoms with Crippen LogP contribution in [0.15, 0.2) is 122 Å². The van der Waals surface area contributed by atoms with Crippen LogP contribution in [0.3, 0.4) is 0 Å². The maximum Gasteiger partial charge on any atom is 0.306 e. The minimum Gasteiger partial charge on any atom is -0.462 e. The van der Waals surface area contributed by atoms with Crippen molar-refractivity contribution in [2.45, 2.75) is 303 Å². The maximum atomic E-state index is 12.9. The lowest BCUT2D eigenvalue weighted by atomic mass is 10.0. The highest BCUT2D eigenvalue weighted by atomic mass is 16.6. The van der Waals surface area contributed by atoms with Crippen LogP contribution in [0.4, 0.5) is 0 Å². The first kappa shape index (κ1) is 73.8. The Balaban J connectivity index is 4.11. The van der Waals surface area contributed by atoms with Crippen molar-refractivity contribution in [3.8, 4) is 0 Å². The molecule has 0 rings (SSSR count). The summed E-state index contributed by atoms with van der Waals surface area (Å²) in [5, 5.41) is 0. The normalized spacial score (nSPS) is 12.9. The van der Waals surface area contributed by atoms with E-state index in [1.54, 1.807) is 0 Å². The largest absolute Gasteiger partial charge is 0.462 e. The van der Waals surface area contributed by atoms with Crippen LogP contribution in [-0.2, 0) is 28.6 Å². The van der Waals surface area contributed by atoms with Gasteiger partial charge in [-0.25, -0.2) is 0 Å². The summed E-state index contributed by atoms with van der Waals surface area (Å²) < 4.78 is 16.8. The van der Waals surface area contributed by atoms with Crippen LogP contribution in [0.5, 0.6) is 0 Å². The van der Waals surface area contributed by atoms with Gasteiger partial charge in [-0.3, -0.25) is 14.4 Å². The zero-order valence-electron chi connectivity index (χ0n) is 50.9. The van der Waals surface area contributed by atoms with E-state index in [0.29, 0.717) is 19.3 Å². The summed E-state index contributed by atoms with van der Waals surface area (Å²) in [6.07, 6.45) is 91.0. The number of ether oxygens (including phenoxy) is 3. The molecule has 1 unspecified atom stereocenters. The average molecular weight is 1080 g/mol. The van der Waals surface area contributed by atoms with Crippen LogP contribution in [0, 0.1) is 0 Å². The Hall–Kier alpha value is -4.19. The van der Waals surface area contributed by atoms with Crippen LogP contribution in [0.2, 0.25) is 0 Å². The SMILES string of the molecule is CC/C=C\C/C=C\C/C=C\C/C=C\C/C=C\CCCCCCCCCCCCCC(=O)OCC(COC(=O)CCCCCCCC)OC(=O)CCCCCCCCCCCCC/C=C\C/C=C\C/C=C\C/C=C\C/C=C\CC. The average Bonchev–Trinajstić information content (AvgIpc) is 3.44. The summed E-state index contributed by atoms with van der Waals surface area (Å²) in [7, 11) is 0. The van der Waals surface area contributed by atoms with Crippen molar-refractivity contribution in [3.05, 3.63) is 122 Å². The molecule has 6 heteroatoms. The quantitative estimate of drug-likeness (QED) is 0.0261. The van der Waals surface area contributed by atoms with Gasteiger partial charge in [0.05, 0.1) is 0 Å². The van der Waals surface area contributed by atoms with Crippen molar-refractivity contribution in [1.82, 2.24) is 0 Å². The standard InChI is InChI=1S/C72H120O6/c1-4-7-10-13-16-18-20-22-24-26-28-30-32-34-36-38-40-42-44-46-48-50-52-54-56-59-62-65-71(74)77-68-69(67-76-70(73)64-61-58-15-12-9-6-3)78-72(75)66-63-60-57-55-53-51-49-47-45-43-41-39-37-35-33-31-29-27-25-23-21-19-17-14-11-8-5-2/h7-8,10-11,16-19,22-25,28-31,34-37,69H,4-6,9,12-15,20-21,26-27,32-33,38-68H2,1-3H3/b10-7-,11-8-,18-16-,19-17-,24-22-,25-23-,30-28-,31-29-,36-34-,37-35-. The van der Waals surface area contributed by atoms with Crippen LogP contribution in [-0.4, -0.2) is 37.2 Å². The fraction of sp³-hybridized carbons (Fsp3) is 0.681. The molecule has 0 saturated carbocycles. The molecule has 0 N–H and O–H groups in total. The lowest BCUT2D eigenvalue weighted by Gasteiger charge is -2.18. The van der Waals surface area contributed by atoms with E-state index in [9.17, 15) is 14.4 Å². The van der Waals surface area contributed by atoms with E-state index < -0.39 is 6.10 Å². The molecule has 0 spiro atoms. The number of carbonyl (C=O) groups is 3. The van der Waals surface area contributed by atoms with Gasteiger partial charge < -0.3 is 14.2 Å². The van der Waals surface area contributed by atoms with Gasteiger partial charge in [0.1, 0.15) is 13.2 Å². The summed E-state index contributed by atoms with van der Waals surface area (Å²) in [6, 6.07) is 0. The first-order valence-corrected chi connectivity index (χ1v) is 32.5. The zero-order valence-corrected chi connectivity index (χ0v) is 50.9. The molecule has 78 heavy (non-hydrogen) atoms. The summed E-state index contributed by atoms with van der Waals surface area (Å²) in [5.41, 5.74) is 0. The molecule has 0 aliphatic heterocycles. The summed E-state index contributed by atoms with van der Waals surface area (Å²) in [6.45, 7) is 6.36. The number of allylic oxidation sites excluding steroid dienone is 20. The molecule has 0 amide bonds. The van der Waals surface area contributed by atoms with Gasteiger partial charge in [0.2, 0.25) is 0 Å². The Morgan fingerprint density at radius 2 is 0.500 bits per heavy atom. The summed E-state index contributed by atoms with van der Waals surface area (Å²) >= 11 is 0. The van der Waals surface area contributed by atoms with Crippen molar-refractivity contribution < 1.29 is 28.6 Å². The molecule has 444 valence electrons. The number of carbonyl (C=O) groups excluding carboxylic acids is 3. The molecule has 0 aliphatic rings. The van der Waals surface area contributed by atoms with E-state index in [2.05, 4.69) is 142 Å². The van der Waals surface area contributed by atoms with Crippen molar-refractivity contribution in [1.29, 1.82) is 0 Å². The molecule has 0 aromatic carbocycles. The van der Waals surface area contributed by atoms with Crippen LogP contribution >= 0.6 is 0 Å². The smallest absolute Gasteiger partial charge is 0.306 e. The molecule has 0 saturated heterocycles. The number of hydrogen-bond acceptors (Lipinski definition) is 6. The second kappa shape index (κ2) is 65.3. The van der Waals surface area contributed by atoms with E-state index in [1.807, 2.05) is 0 Å². The molecule has 0 aromatic rings. The van der Waals surface area contributed by atoms with Gasteiger partial charge in [-0.05, 0) is 109 Å². The highest BCUT2D eigenvalue weighted by molar-refractivity contribution is 5.71. The highest BCUT2D eigenvalue weighted by Crippen LogP contribution is 2.16. The molecule has 0 heterocycles. The van der Waals surface area contributed by atoms with E-state index in [-0.39, 0.29) is 31.1 Å². The molecule has 0 fully saturated rings. The van der Waals surface area contributed by atoms with Gasteiger partial charge in [0.15, 0.2) is 6.10 Å². The number of hydrogen-bond donors (Lipinski definition) is 0. The molecule has 0 aromatic heterocycles. The van der Waals surface area contributed by atoms with Gasteiger partial charge in [0.25, 0.3) is 0 Å². The summed E-state index contributed by atoms with van der Waals surface area (Å²) in [5.74, 6) is -0.891. The molecule has 1 atom stereocenters. The third kappa shape index (κ3) is 62.7. The Morgan fingerprint density at radius 1 is 0.269 bits per heavy atom. The van der Waals surface area contributed by atoms with Gasteiger partial charge >= 0.3 is 17.9 Å². The first-order valence-electron chi connectivity index (χ1n) is 32.5. The maximum absolute atomic E-state index is 12.9. The molecular weight excluding hydrogens is 961 g/mol. The number of rotatable bonds is 58. The second-order valence-electron chi connectivity index (χ2n) is 21.3.